The molecule has 0 spiro atoms. The van der Waals surface area contributed by atoms with Crippen molar-refractivity contribution in [1.82, 2.24) is 10.6 Å². The topological polar surface area (TPSA) is 74.1 Å². The van der Waals surface area contributed by atoms with Crippen LogP contribution in [0.5, 0.6) is 5.75 Å². The molecule has 2 N–H and O–H groups in total. The number of halogens is 1. The molecule has 0 atom stereocenters. The number of benzene rings is 1. The summed E-state index contributed by atoms with van der Waals surface area (Å²) in [6.07, 6.45) is 2.18. The first-order valence-corrected chi connectivity index (χ1v) is 7.05. The first-order valence-electron chi connectivity index (χ1n) is 6.52. The summed E-state index contributed by atoms with van der Waals surface area (Å²) in [6.45, 7) is 0.976. The Labute approximate surface area is 129 Å². The standard InChI is InChI=1S/C15H18ClN3O2/c1-21-14-5-3-12(4-6-14)10-19-15(20)13(9-17)11-18-8-2-7-16/h3-6,11,18H,2,7-8,10H2,1H3,(H,19,20)/b13-11-. The number of nitrogens with one attached hydrogen (secondary N) is 2. The fourth-order valence-corrected chi connectivity index (χ4v) is 1.65. The predicted molar refractivity (Wildman–Crippen MR) is 81.9 cm³/mol. The summed E-state index contributed by atoms with van der Waals surface area (Å²) >= 11 is 5.54. The molecule has 5 nitrogen and oxygen atoms in total. The number of nitriles is 1. The third-order valence-electron chi connectivity index (χ3n) is 2.68. The number of methoxy groups -OCH3 is 1. The Morgan fingerprint density at radius 3 is 2.71 bits per heavy atom. The van der Waals surface area contributed by atoms with Gasteiger partial charge in [-0.25, -0.2) is 0 Å². The largest absolute Gasteiger partial charge is 0.497 e. The zero-order valence-electron chi connectivity index (χ0n) is 11.9. The Kier molecular flexibility index (Phi) is 7.77. The van der Waals surface area contributed by atoms with Gasteiger partial charge in [0.25, 0.3) is 5.91 Å². The van der Waals surface area contributed by atoms with Crippen molar-refractivity contribution >= 4 is 17.5 Å². The second-order valence-electron chi connectivity index (χ2n) is 4.20. The minimum Gasteiger partial charge on any atom is -0.497 e. The molecule has 0 radical (unpaired) electrons. The van der Waals surface area contributed by atoms with Crippen molar-refractivity contribution < 1.29 is 9.53 Å². The Balaban J connectivity index is 2.48. The van der Waals surface area contributed by atoms with Crippen LogP contribution in [0.1, 0.15) is 12.0 Å². The average molecular weight is 308 g/mol. The quantitative estimate of drug-likeness (QED) is 0.333. The number of hydrogen-bond acceptors (Lipinski definition) is 4. The molecule has 0 saturated heterocycles. The molecule has 1 aromatic rings. The van der Waals surface area contributed by atoms with E-state index < -0.39 is 5.91 Å². The summed E-state index contributed by atoms with van der Waals surface area (Å²) in [5, 5.41) is 14.5. The molecule has 6 heteroatoms. The van der Waals surface area contributed by atoms with Gasteiger partial charge in [-0.3, -0.25) is 4.79 Å². The molecule has 0 fully saturated rings. The molecule has 0 heterocycles. The number of nitrogens with zero attached hydrogens (tertiary/aromatic N) is 1. The SMILES string of the molecule is COc1ccc(CNC(=O)/C(C#N)=C\NCCCCl)cc1. The molecule has 0 bridgehead atoms. The number of carbonyl (C=O) groups is 1. The van der Waals surface area contributed by atoms with Gasteiger partial charge in [0, 0.05) is 25.2 Å². The number of rotatable bonds is 8. The van der Waals surface area contributed by atoms with Crippen molar-refractivity contribution in [3.05, 3.63) is 41.6 Å². The first-order chi connectivity index (χ1) is 10.2. The Morgan fingerprint density at radius 2 is 2.14 bits per heavy atom. The van der Waals surface area contributed by atoms with Crippen molar-refractivity contribution in [3.63, 3.8) is 0 Å². The van der Waals surface area contributed by atoms with E-state index in [2.05, 4.69) is 10.6 Å². The van der Waals surface area contributed by atoms with Gasteiger partial charge in [-0.2, -0.15) is 5.26 Å². The molecule has 0 aromatic heterocycles. The van der Waals surface area contributed by atoms with Gasteiger partial charge in [0.1, 0.15) is 17.4 Å². The lowest BCUT2D eigenvalue weighted by atomic mass is 10.2. The normalized spacial score (nSPS) is 10.6. The van der Waals surface area contributed by atoms with Gasteiger partial charge in [0.15, 0.2) is 0 Å². The molecule has 0 aliphatic heterocycles. The molecular weight excluding hydrogens is 290 g/mol. The van der Waals surface area contributed by atoms with Crippen LogP contribution in [0.4, 0.5) is 0 Å². The summed E-state index contributed by atoms with van der Waals surface area (Å²) in [5.74, 6) is 0.879. The van der Waals surface area contributed by atoms with E-state index in [-0.39, 0.29) is 5.57 Å². The van der Waals surface area contributed by atoms with Gasteiger partial charge in [0.2, 0.25) is 0 Å². The van der Waals surface area contributed by atoms with Crippen molar-refractivity contribution in [3.8, 4) is 11.8 Å². The minimum absolute atomic E-state index is 0.0399. The Hall–Kier alpha value is -2.19. The van der Waals surface area contributed by atoms with E-state index in [1.165, 1.54) is 6.20 Å². The lowest BCUT2D eigenvalue weighted by Crippen LogP contribution is -2.25. The highest BCUT2D eigenvalue weighted by Gasteiger charge is 2.08. The highest BCUT2D eigenvalue weighted by Crippen LogP contribution is 2.11. The van der Waals surface area contributed by atoms with Crippen LogP contribution in [0, 0.1) is 11.3 Å². The first kappa shape index (κ1) is 16.9. The van der Waals surface area contributed by atoms with Gasteiger partial charge in [-0.15, -0.1) is 11.6 Å². The van der Waals surface area contributed by atoms with E-state index in [4.69, 9.17) is 21.6 Å². The molecule has 1 amide bonds. The molecule has 0 aliphatic rings. The molecule has 0 aliphatic carbocycles. The van der Waals surface area contributed by atoms with Crippen LogP contribution >= 0.6 is 11.6 Å². The summed E-state index contributed by atoms with van der Waals surface area (Å²) in [5.41, 5.74) is 0.967. The second-order valence-corrected chi connectivity index (χ2v) is 4.58. The van der Waals surface area contributed by atoms with Crippen molar-refractivity contribution in [2.24, 2.45) is 0 Å². The van der Waals surface area contributed by atoms with E-state index in [9.17, 15) is 4.79 Å². The van der Waals surface area contributed by atoms with E-state index in [0.717, 1.165) is 17.7 Å². The van der Waals surface area contributed by atoms with E-state index in [0.29, 0.717) is 19.0 Å². The van der Waals surface area contributed by atoms with Crippen LogP contribution in [0.25, 0.3) is 0 Å². The lowest BCUT2D eigenvalue weighted by Gasteiger charge is -2.06. The maximum atomic E-state index is 11.8. The summed E-state index contributed by atoms with van der Waals surface area (Å²) in [6, 6.07) is 9.21. The average Bonchev–Trinajstić information content (AvgIpc) is 2.53. The van der Waals surface area contributed by atoms with Crippen molar-refractivity contribution in [2.75, 3.05) is 19.5 Å². The van der Waals surface area contributed by atoms with Gasteiger partial charge in [-0.05, 0) is 24.1 Å². The maximum Gasteiger partial charge on any atom is 0.263 e. The van der Waals surface area contributed by atoms with Gasteiger partial charge in [-0.1, -0.05) is 12.1 Å². The predicted octanol–water partition coefficient (Wildman–Crippen LogP) is 1.94. The van der Waals surface area contributed by atoms with E-state index >= 15 is 0 Å². The molecule has 0 saturated carbocycles. The fourth-order valence-electron chi connectivity index (χ4n) is 1.51. The van der Waals surface area contributed by atoms with Crippen LogP contribution in [-0.2, 0) is 11.3 Å². The third-order valence-corrected chi connectivity index (χ3v) is 2.95. The minimum atomic E-state index is -0.410. The fraction of sp³-hybridized carbons (Fsp3) is 0.333. The second kappa shape index (κ2) is 9.67. The van der Waals surface area contributed by atoms with Crippen LogP contribution < -0.4 is 15.4 Å². The van der Waals surface area contributed by atoms with Crippen LogP contribution in [0.3, 0.4) is 0 Å². The zero-order chi connectivity index (χ0) is 15.5. The highest BCUT2D eigenvalue weighted by molar-refractivity contribution is 6.17. The van der Waals surface area contributed by atoms with Gasteiger partial charge < -0.3 is 15.4 Å². The number of hydrogen-bond donors (Lipinski definition) is 2. The number of carbonyl (C=O) groups excluding carboxylic acids is 1. The smallest absolute Gasteiger partial charge is 0.263 e. The van der Waals surface area contributed by atoms with Crippen LogP contribution in [-0.4, -0.2) is 25.4 Å². The molecular formula is C15H18ClN3O2. The lowest BCUT2D eigenvalue weighted by molar-refractivity contribution is -0.117. The summed E-state index contributed by atoms with van der Waals surface area (Å²) in [7, 11) is 1.60. The number of amides is 1. The molecule has 1 rings (SSSR count). The molecule has 0 unspecified atom stereocenters. The van der Waals surface area contributed by atoms with Crippen LogP contribution in [0.2, 0.25) is 0 Å². The monoisotopic (exact) mass is 307 g/mol. The summed E-state index contributed by atoms with van der Waals surface area (Å²) < 4.78 is 5.06. The van der Waals surface area contributed by atoms with Crippen molar-refractivity contribution in [2.45, 2.75) is 13.0 Å². The molecule has 1 aromatic carbocycles. The maximum absolute atomic E-state index is 11.8. The Morgan fingerprint density at radius 1 is 1.43 bits per heavy atom. The highest BCUT2D eigenvalue weighted by atomic mass is 35.5. The molecule has 21 heavy (non-hydrogen) atoms. The Bertz CT molecular complexity index is 521. The third kappa shape index (κ3) is 6.19. The van der Waals surface area contributed by atoms with Gasteiger partial charge >= 0.3 is 0 Å². The van der Waals surface area contributed by atoms with Crippen LogP contribution in [0.15, 0.2) is 36.0 Å². The molecule has 112 valence electrons. The van der Waals surface area contributed by atoms with Crippen molar-refractivity contribution in [1.29, 1.82) is 5.26 Å². The number of ether oxygens (including phenoxy) is 1. The van der Waals surface area contributed by atoms with E-state index in [1.807, 2.05) is 30.3 Å². The van der Waals surface area contributed by atoms with E-state index in [1.54, 1.807) is 7.11 Å². The number of alkyl halides is 1. The zero-order valence-corrected chi connectivity index (χ0v) is 12.6. The van der Waals surface area contributed by atoms with Gasteiger partial charge in [0.05, 0.1) is 7.11 Å². The summed E-state index contributed by atoms with van der Waals surface area (Å²) in [4.78, 5) is 11.8.